The number of amides is 1. The zero-order valence-electron chi connectivity index (χ0n) is 12.0. The lowest BCUT2D eigenvalue weighted by Crippen LogP contribution is -2.46. The Balaban J connectivity index is 1.96. The quantitative estimate of drug-likeness (QED) is 0.724. The Hall–Kier alpha value is -2.08. The molecule has 2 unspecified atom stereocenters. The molecule has 6 nitrogen and oxygen atoms in total. The van der Waals surface area contributed by atoms with Gasteiger partial charge in [-0.25, -0.2) is 4.79 Å². The Bertz CT molecular complexity index is 518. The molecule has 1 amide bonds. The summed E-state index contributed by atoms with van der Waals surface area (Å²) in [5, 5.41) is 14.9. The van der Waals surface area contributed by atoms with Crippen LogP contribution >= 0.6 is 0 Å². The highest BCUT2D eigenvalue weighted by atomic mass is 16.5. The number of carboxylic acids is 1. The number of hydrogen-bond donors (Lipinski definition) is 3. The standard InChI is InChI=1S/C15H20N2O4/c1-21-7-6-13(15(19)20)17-14(18)11-8-10-4-2-3-5-12(10)16-9-11/h2-5,11,13,16H,6-9H2,1H3,(H,17,18)(H,19,20). The van der Waals surface area contributed by atoms with E-state index in [9.17, 15) is 9.59 Å². The van der Waals surface area contributed by atoms with Crippen LogP contribution in [-0.4, -0.2) is 43.3 Å². The Morgan fingerprint density at radius 2 is 2.24 bits per heavy atom. The van der Waals surface area contributed by atoms with Crippen molar-refractivity contribution in [1.82, 2.24) is 5.32 Å². The van der Waals surface area contributed by atoms with Gasteiger partial charge in [-0.1, -0.05) is 18.2 Å². The van der Waals surface area contributed by atoms with Crippen molar-refractivity contribution in [3.05, 3.63) is 29.8 Å². The maximum atomic E-state index is 12.2. The average molecular weight is 292 g/mol. The van der Waals surface area contributed by atoms with Crippen molar-refractivity contribution >= 4 is 17.6 Å². The molecule has 0 radical (unpaired) electrons. The number of carbonyl (C=O) groups is 2. The van der Waals surface area contributed by atoms with Crippen LogP contribution < -0.4 is 10.6 Å². The molecular formula is C15H20N2O4. The first-order valence-electron chi connectivity index (χ1n) is 6.95. The van der Waals surface area contributed by atoms with Crippen molar-refractivity contribution in [2.75, 3.05) is 25.6 Å². The van der Waals surface area contributed by atoms with E-state index in [0.717, 1.165) is 11.3 Å². The lowest BCUT2D eigenvalue weighted by molar-refractivity contribution is -0.142. The van der Waals surface area contributed by atoms with E-state index < -0.39 is 12.0 Å². The maximum absolute atomic E-state index is 12.2. The lowest BCUT2D eigenvalue weighted by Gasteiger charge is -2.26. The van der Waals surface area contributed by atoms with Gasteiger partial charge >= 0.3 is 5.97 Å². The highest BCUT2D eigenvalue weighted by molar-refractivity contribution is 5.86. The summed E-state index contributed by atoms with van der Waals surface area (Å²) in [5.74, 6) is -1.53. The molecule has 0 bridgehead atoms. The summed E-state index contributed by atoms with van der Waals surface area (Å²) in [4.78, 5) is 23.4. The van der Waals surface area contributed by atoms with Gasteiger partial charge in [0.25, 0.3) is 0 Å². The number of fused-ring (bicyclic) bond motifs is 1. The molecule has 2 atom stereocenters. The molecule has 0 aliphatic carbocycles. The van der Waals surface area contributed by atoms with Crippen molar-refractivity contribution in [2.24, 2.45) is 5.92 Å². The van der Waals surface area contributed by atoms with Crippen LogP contribution in [-0.2, 0) is 20.7 Å². The predicted molar refractivity (Wildman–Crippen MR) is 78.2 cm³/mol. The van der Waals surface area contributed by atoms with Crippen molar-refractivity contribution < 1.29 is 19.4 Å². The molecule has 1 aromatic carbocycles. The second-order valence-corrected chi connectivity index (χ2v) is 5.12. The van der Waals surface area contributed by atoms with Crippen LogP contribution in [0.3, 0.4) is 0 Å². The summed E-state index contributed by atoms with van der Waals surface area (Å²) in [5.41, 5.74) is 2.11. The molecule has 1 heterocycles. The van der Waals surface area contributed by atoms with E-state index in [1.54, 1.807) is 0 Å². The fourth-order valence-electron chi connectivity index (χ4n) is 2.41. The monoisotopic (exact) mass is 292 g/mol. The number of carbonyl (C=O) groups excluding carboxylic acids is 1. The topological polar surface area (TPSA) is 87.7 Å². The summed E-state index contributed by atoms with van der Waals surface area (Å²) >= 11 is 0. The third-order valence-electron chi connectivity index (χ3n) is 3.62. The zero-order valence-corrected chi connectivity index (χ0v) is 12.0. The largest absolute Gasteiger partial charge is 0.480 e. The molecule has 1 aliphatic rings. The van der Waals surface area contributed by atoms with Crippen LogP contribution in [0.1, 0.15) is 12.0 Å². The molecule has 0 saturated heterocycles. The number of ether oxygens (including phenoxy) is 1. The van der Waals surface area contributed by atoms with Crippen LogP contribution in [0.4, 0.5) is 5.69 Å². The number of para-hydroxylation sites is 1. The van der Waals surface area contributed by atoms with Gasteiger partial charge in [-0.05, 0) is 18.1 Å². The molecule has 0 aromatic heterocycles. The highest BCUT2D eigenvalue weighted by Crippen LogP contribution is 2.24. The lowest BCUT2D eigenvalue weighted by atomic mass is 9.93. The molecular weight excluding hydrogens is 272 g/mol. The molecule has 21 heavy (non-hydrogen) atoms. The molecule has 2 rings (SSSR count). The number of rotatable bonds is 6. The summed E-state index contributed by atoms with van der Waals surface area (Å²) in [7, 11) is 1.50. The number of anilines is 1. The number of aliphatic carboxylic acids is 1. The van der Waals surface area contributed by atoms with Gasteiger partial charge < -0.3 is 20.5 Å². The zero-order chi connectivity index (χ0) is 15.2. The summed E-state index contributed by atoms with van der Waals surface area (Å²) in [6.45, 7) is 0.808. The maximum Gasteiger partial charge on any atom is 0.326 e. The summed E-state index contributed by atoms with van der Waals surface area (Å²) in [6.07, 6.45) is 0.875. The van der Waals surface area contributed by atoms with Gasteiger partial charge in [0, 0.05) is 32.4 Å². The summed E-state index contributed by atoms with van der Waals surface area (Å²) < 4.78 is 4.87. The number of benzene rings is 1. The van der Waals surface area contributed by atoms with Gasteiger partial charge in [0.05, 0.1) is 5.92 Å². The Morgan fingerprint density at radius 3 is 2.95 bits per heavy atom. The average Bonchev–Trinajstić information content (AvgIpc) is 2.50. The fraction of sp³-hybridized carbons (Fsp3) is 0.467. The first kappa shape index (κ1) is 15.3. The number of carboxylic acid groups (broad SMARTS) is 1. The molecule has 0 spiro atoms. The van der Waals surface area contributed by atoms with E-state index in [4.69, 9.17) is 9.84 Å². The number of hydrogen-bond acceptors (Lipinski definition) is 4. The Labute approximate surface area is 123 Å². The smallest absolute Gasteiger partial charge is 0.326 e. The molecule has 3 N–H and O–H groups in total. The normalized spacial score (nSPS) is 18.2. The van der Waals surface area contributed by atoms with E-state index in [0.29, 0.717) is 19.6 Å². The molecule has 0 fully saturated rings. The van der Waals surface area contributed by atoms with Gasteiger partial charge in [-0.15, -0.1) is 0 Å². The highest BCUT2D eigenvalue weighted by Gasteiger charge is 2.28. The van der Waals surface area contributed by atoms with Crippen LogP contribution in [0.2, 0.25) is 0 Å². The third kappa shape index (κ3) is 3.95. The van der Waals surface area contributed by atoms with Gasteiger partial charge in [0.15, 0.2) is 0 Å². The third-order valence-corrected chi connectivity index (χ3v) is 3.62. The Morgan fingerprint density at radius 1 is 1.48 bits per heavy atom. The first-order chi connectivity index (χ1) is 10.1. The van der Waals surface area contributed by atoms with E-state index >= 15 is 0 Å². The van der Waals surface area contributed by atoms with Crippen molar-refractivity contribution in [3.63, 3.8) is 0 Å². The van der Waals surface area contributed by atoms with Crippen LogP contribution in [0.5, 0.6) is 0 Å². The van der Waals surface area contributed by atoms with Crippen molar-refractivity contribution in [3.8, 4) is 0 Å². The van der Waals surface area contributed by atoms with E-state index in [-0.39, 0.29) is 18.2 Å². The van der Waals surface area contributed by atoms with Crippen LogP contribution in [0.15, 0.2) is 24.3 Å². The molecule has 1 aromatic rings. The Kier molecular flexibility index (Phi) is 5.16. The second-order valence-electron chi connectivity index (χ2n) is 5.12. The van der Waals surface area contributed by atoms with Crippen molar-refractivity contribution in [1.29, 1.82) is 0 Å². The molecule has 0 saturated carbocycles. The molecule has 6 heteroatoms. The first-order valence-corrected chi connectivity index (χ1v) is 6.95. The minimum Gasteiger partial charge on any atom is -0.480 e. The minimum absolute atomic E-state index is 0.236. The molecule has 1 aliphatic heterocycles. The fourth-order valence-corrected chi connectivity index (χ4v) is 2.41. The van der Waals surface area contributed by atoms with Gasteiger partial charge in [0.1, 0.15) is 6.04 Å². The second kappa shape index (κ2) is 7.08. The van der Waals surface area contributed by atoms with Gasteiger partial charge in [-0.3, -0.25) is 4.79 Å². The minimum atomic E-state index is -1.04. The van der Waals surface area contributed by atoms with Crippen LogP contribution in [0.25, 0.3) is 0 Å². The van der Waals surface area contributed by atoms with Crippen LogP contribution in [0, 0.1) is 5.92 Å². The van der Waals surface area contributed by atoms with Crippen molar-refractivity contribution in [2.45, 2.75) is 18.9 Å². The van der Waals surface area contributed by atoms with Gasteiger partial charge in [0.2, 0.25) is 5.91 Å². The van der Waals surface area contributed by atoms with E-state index in [2.05, 4.69) is 10.6 Å². The summed E-state index contributed by atoms with van der Waals surface area (Å²) in [6, 6.07) is 6.91. The SMILES string of the molecule is COCCC(NC(=O)C1CNc2ccccc2C1)C(=O)O. The van der Waals surface area contributed by atoms with E-state index in [1.807, 2.05) is 24.3 Å². The number of nitrogens with one attached hydrogen (secondary N) is 2. The van der Waals surface area contributed by atoms with E-state index in [1.165, 1.54) is 7.11 Å². The number of methoxy groups -OCH3 is 1. The molecule has 114 valence electrons. The van der Waals surface area contributed by atoms with Gasteiger partial charge in [-0.2, -0.15) is 0 Å². The predicted octanol–water partition coefficient (Wildman–Crippen LogP) is 0.877.